The number of piperazine rings is 1. The molecule has 1 aromatic rings. The van der Waals surface area contributed by atoms with Crippen LogP contribution in [0.4, 0.5) is 5.69 Å². The van der Waals surface area contributed by atoms with Gasteiger partial charge in [0.25, 0.3) is 0 Å². The lowest BCUT2D eigenvalue weighted by Crippen LogP contribution is -2.70. The third kappa shape index (κ3) is 5.20. The summed E-state index contributed by atoms with van der Waals surface area (Å²) in [6, 6.07) is 7.01. The predicted molar refractivity (Wildman–Crippen MR) is 120 cm³/mol. The Balaban J connectivity index is 1.97. The van der Waals surface area contributed by atoms with Crippen molar-refractivity contribution in [3.63, 3.8) is 0 Å². The van der Waals surface area contributed by atoms with Crippen molar-refractivity contribution in [1.82, 2.24) is 9.62 Å². The molecule has 1 aliphatic carbocycles. The van der Waals surface area contributed by atoms with E-state index in [-0.39, 0.29) is 25.0 Å². The van der Waals surface area contributed by atoms with E-state index >= 15 is 0 Å². The number of hydrogen-bond acceptors (Lipinski definition) is 5. The fourth-order valence-corrected chi connectivity index (χ4v) is 5.36. The quantitative estimate of drug-likeness (QED) is 0.741. The molecular formula is C22H33N3O5S. The Morgan fingerprint density at radius 2 is 1.74 bits per heavy atom. The molecule has 0 unspecified atom stereocenters. The van der Waals surface area contributed by atoms with Crippen LogP contribution in [-0.4, -0.2) is 62.6 Å². The fraction of sp³-hybridized carbons (Fsp3) is 0.636. The lowest BCUT2D eigenvalue weighted by Gasteiger charge is -2.47. The third-order valence-electron chi connectivity index (χ3n) is 6.26. The molecule has 1 N–H and O–H groups in total. The van der Waals surface area contributed by atoms with Crippen LogP contribution in [0.2, 0.25) is 0 Å². The van der Waals surface area contributed by atoms with Crippen LogP contribution in [-0.2, 0) is 19.6 Å². The van der Waals surface area contributed by atoms with Gasteiger partial charge in [-0.3, -0.25) is 14.5 Å². The van der Waals surface area contributed by atoms with Crippen LogP contribution in [0.1, 0.15) is 51.9 Å². The first kappa shape index (κ1) is 23.5. The number of nitrogens with zero attached hydrogens (tertiary/aromatic N) is 2. The normalized spacial score (nSPS) is 24.4. The van der Waals surface area contributed by atoms with Crippen molar-refractivity contribution in [3.05, 3.63) is 24.3 Å². The molecule has 1 aliphatic heterocycles. The first-order valence-electron chi connectivity index (χ1n) is 10.9. The highest BCUT2D eigenvalue weighted by Crippen LogP contribution is 2.36. The summed E-state index contributed by atoms with van der Waals surface area (Å²) in [5.41, 5.74) is -0.950. The summed E-state index contributed by atoms with van der Waals surface area (Å²) in [4.78, 5) is 28.2. The molecular weight excluding hydrogens is 418 g/mol. The summed E-state index contributed by atoms with van der Waals surface area (Å²) in [5.74, 6) is -0.351. The summed E-state index contributed by atoms with van der Waals surface area (Å²) in [5, 5.41) is 3.13. The summed E-state index contributed by atoms with van der Waals surface area (Å²) in [6.07, 6.45) is 8.46. The van der Waals surface area contributed by atoms with E-state index in [4.69, 9.17) is 4.74 Å². The maximum absolute atomic E-state index is 13.6. The Morgan fingerprint density at radius 3 is 2.35 bits per heavy atom. The molecule has 2 amide bonds. The Bertz CT molecular complexity index is 911. The van der Waals surface area contributed by atoms with Crippen molar-refractivity contribution in [2.75, 3.05) is 31.4 Å². The van der Waals surface area contributed by atoms with E-state index in [0.29, 0.717) is 11.4 Å². The SMILES string of the molecule is COc1ccccc1N1C(=O)CN(S(C)(=O)=O)C[C@]1(C)C(=O)NC1CCCCCCC1. The molecule has 2 fully saturated rings. The first-order chi connectivity index (χ1) is 14.7. The number of benzene rings is 1. The molecule has 3 rings (SSSR count). The zero-order valence-corrected chi connectivity index (χ0v) is 19.4. The summed E-state index contributed by atoms with van der Waals surface area (Å²) >= 11 is 0. The van der Waals surface area contributed by atoms with Crippen molar-refractivity contribution in [3.8, 4) is 5.75 Å². The van der Waals surface area contributed by atoms with Gasteiger partial charge in [0, 0.05) is 12.6 Å². The van der Waals surface area contributed by atoms with Gasteiger partial charge < -0.3 is 10.1 Å². The molecule has 0 radical (unpaired) electrons. The molecule has 172 valence electrons. The minimum Gasteiger partial charge on any atom is -0.495 e. The van der Waals surface area contributed by atoms with Gasteiger partial charge in [-0.2, -0.15) is 4.31 Å². The second-order valence-corrected chi connectivity index (χ2v) is 10.7. The van der Waals surface area contributed by atoms with Crippen molar-refractivity contribution in [2.24, 2.45) is 0 Å². The van der Waals surface area contributed by atoms with Crippen LogP contribution in [0, 0.1) is 0 Å². The van der Waals surface area contributed by atoms with Crippen molar-refractivity contribution >= 4 is 27.5 Å². The molecule has 1 saturated heterocycles. The number of sulfonamides is 1. The molecule has 1 aromatic carbocycles. The zero-order valence-electron chi connectivity index (χ0n) is 18.6. The van der Waals surface area contributed by atoms with Crippen LogP contribution in [0.25, 0.3) is 0 Å². The predicted octanol–water partition coefficient (Wildman–Crippen LogP) is 2.29. The standard InChI is InChI=1S/C22H33N3O5S/c1-22(21(27)23-17-11-7-5-4-6-8-12-17)16-24(31(3,28)29)15-20(26)25(22)18-13-9-10-14-19(18)30-2/h9-10,13-14,17H,4-8,11-12,15-16H2,1-3H3,(H,23,27)/t22-/m1/s1. The number of para-hydroxylation sites is 2. The van der Waals surface area contributed by atoms with Crippen molar-refractivity contribution < 1.29 is 22.7 Å². The molecule has 8 nitrogen and oxygen atoms in total. The smallest absolute Gasteiger partial charge is 0.247 e. The van der Waals surface area contributed by atoms with Gasteiger partial charge in [0.1, 0.15) is 11.3 Å². The molecule has 1 saturated carbocycles. The average molecular weight is 452 g/mol. The number of rotatable bonds is 5. The number of hydrogen-bond donors (Lipinski definition) is 1. The maximum Gasteiger partial charge on any atom is 0.247 e. The highest BCUT2D eigenvalue weighted by atomic mass is 32.2. The van der Waals surface area contributed by atoms with E-state index in [9.17, 15) is 18.0 Å². The highest BCUT2D eigenvalue weighted by molar-refractivity contribution is 7.88. The van der Waals surface area contributed by atoms with Gasteiger partial charge in [-0.15, -0.1) is 0 Å². The van der Waals surface area contributed by atoms with Crippen LogP contribution in [0.3, 0.4) is 0 Å². The zero-order chi connectivity index (χ0) is 22.6. The van der Waals surface area contributed by atoms with E-state index in [1.807, 2.05) is 0 Å². The minimum atomic E-state index is -3.65. The molecule has 1 atom stereocenters. The van der Waals surface area contributed by atoms with Gasteiger partial charge in [0.15, 0.2) is 0 Å². The molecule has 0 spiro atoms. The van der Waals surface area contributed by atoms with Gasteiger partial charge in [-0.25, -0.2) is 8.42 Å². The maximum atomic E-state index is 13.6. The van der Waals surface area contributed by atoms with Gasteiger partial charge in [-0.1, -0.05) is 44.2 Å². The van der Waals surface area contributed by atoms with Gasteiger partial charge in [0.05, 0.1) is 25.6 Å². The topological polar surface area (TPSA) is 96.0 Å². The number of carbonyl (C=O) groups is 2. The second-order valence-electron chi connectivity index (χ2n) is 8.72. The minimum absolute atomic E-state index is 0.0212. The molecule has 0 aromatic heterocycles. The molecule has 1 heterocycles. The van der Waals surface area contributed by atoms with Crippen molar-refractivity contribution in [1.29, 1.82) is 0 Å². The van der Waals surface area contributed by atoms with Crippen molar-refractivity contribution in [2.45, 2.75) is 63.5 Å². The summed E-state index contributed by atoms with van der Waals surface area (Å²) in [6.45, 7) is 1.20. The number of amides is 2. The number of anilines is 1. The van der Waals surface area contributed by atoms with Crippen LogP contribution in [0.5, 0.6) is 5.75 Å². The summed E-state index contributed by atoms with van der Waals surface area (Å²) < 4.78 is 31.1. The van der Waals surface area contributed by atoms with Gasteiger partial charge >= 0.3 is 0 Å². The molecule has 0 bridgehead atoms. The first-order valence-corrected chi connectivity index (χ1v) is 12.7. The van der Waals surface area contributed by atoms with Gasteiger partial charge in [0.2, 0.25) is 21.8 Å². The molecule has 2 aliphatic rings. The molecule has 31 heavy (non-hydrogen) atoms. The fourth-order valence-electron chi connectivity index (χ4n) is 4.53. The van der Waals surface area contributed by atoms with E-state index in [2.05, 4.69) is 5.32 Å². The monoisotopic (exact) mass is 451 g/mol. The third-order valence-corrected chi connectivity index (χ3v) is 7.46. The second kappa shape index (κ2) is 9.56. The Kier molecular flexibility index (Phi) is 7.26. The average Bonchev–Trinajstić information content (AvgIpc) is 2.69. The van der Waals surface area contributed by atoms with E-state index in [1.54, 1.807) is 31.2 Å². The number of methoxy groups -OCH3 is 1. The molecule has 9 heteroatoms. The Labute approximate surface area is 185 Å². The largest absolute Gasteiger partial charge is 0.495 e. The Hall–Kier alpha value is -2.13. The van der Waals surface area contributed by atoms with Crippen LogP contribution in [0.15, 0.2) is 24.3 Å². The highest BCUT2D eigenvalue weighted by Gasteiger charge is 2.51. The lowest BCUT2D eigenvalue weighted by atomic mass is 9.92. The summed E-state index contributed by atoms with van der Waals surface area (Å²) in [7, 11) is -2.15. The van der Waals surface area contributed by atoms with Crippen LogP contribution >= 0.6 is 0 Å². The van der Waals surface area contributed by atoms with Crippen LogP contribution < -0.4 is 15.0 Å². The number of nitrogens with one attached hydrogen (secondary N) is 1. The van der Waals surface area contributed by atoms with E-state index in [0.717, 1.165) is 49.1 Å². The van der Waals surface area contributed by atoms with E-state index in [1.165, 1.54) is 18.4 Å². The Morgan fingerprint density at radius 1 is 1.13 bits per heavy atom. The number of ether oxygens (including phenoxy) is 1. The van der Waals surface area contributed by atoms with Gasteiger partial charge in [-0.05, 0) is 31.9 Å². The number of carbonyl (C=O) groups excluding carboxylic acids is 2. The van der Waals surface area contributed by atoms with E-state index < -0.39 is 21.5 Å². The lowest BCUT2D eigenvalue weighted by molar-refractivity contribution is -0.133.